The van der Waals surface area contributed by atoms with E-state index < -0.39 is 0 Å². The molecule has 1 atom stereocenters. The van der Waals surface area contributed by atoms with Gasteiger partial charge in [-0.25, -0.2) is 0 Å². The molecular formula is C52H39NO. The summed E-state index contributed by atoms with van der Waals surface area (Å²) in [6.45, 7) is 0. The van der Waals surface area contributed by atoms with E-state index in [4.69, 9.17) is 4.74 Å². The van der Waals surface area contributed by atoms with Crippen LogP contribution in [0.2, 0.25) is 0 Å². The van der Waals surface area contributed by atoms with Gasteiger partial charge in [-0.05, 0) is 86.4 Å². The minimum atomic E-state index is -0.0350. The SMILES string of the molecule is C.c1ccc(-c2ccc(N(c3ccc(-c4ccccc4)cc3)c3cccc(C4c5ccccc5Oc5c4c4ccccc4c4ccccc54)c3)cc2)cc1. The third kappa shape index (κ3) is 5.70. The molecule has 2 heteroatoms. The van der Waals surface area contributed by atoms with Crippen molar-refractivity contribution in [3.63, 3.8) is 0 Å². The van der Waals surface area contributed by atoms with E-state index in [1.807, 2.05) is 0 Å². The van der Waals surface area contributed by atoms with E-state index in [1.165, 1.54) is 55.1 Å². The first-order valence-electron chi connectivity index (χ1n) is 18.2. The van der Waals surface area contributed by atoms with Gasteiger partial charge in [0.25, 0.3) is 0 Å². The Kier molecular flexibility index (Phi) is 8.49. The fourth-order valence-corrected chi connectivity index (χ4v) is 8.11. The Morgan fingerprint density at radius 2 is 0.852 bits per heavy atom. The molecule has 0 bridgehead atoms. The second kappa shape index (κ2) is 13.9. The van der Waals surface area contributed by atoms with E-state index in [2.05, 4.69) is 211 Å². The third-order valence-electron chi connectivity index (χ3n) is 10.6. The summed E-state index contributed by atoms with van der Waals surface area (Å²) in [4.78, 5) is 2.37. The summed E-state index contributed by atoms with van der Waals surface area (Å²) in [7, 11) is 0. The molecule has 0 amide bonds. The van der Waals surface area contributed by atoms with Crippen molar-refractivity contribution in [3.8, 4) is 33.8 Å². The molecule has 1 aliphatic rings. The number of rotatable bonds is 6. The number of hydrogen-bond donors (Lipinski definition) is 0. The number of hydrogen-bond acceptors (Lipinski definition) is 2. The molecule has 0 N–H and O–H groups in total. The van der Waals surface area contributed by atoms with Crippen LogP contribution in [0.5, 0.6) is 11.5 Å². The number of ether oxygens (including phenoxy) is 1. The van der Waals surface area contributed by atoms with Gasteiger partial charge in [0, 0.05) is 39.5 Å². The Morgan fingerprint density at radius 3 is 1.46 bits per heavy atom. The second-order valence-corrected chi connectivity index (χ2v) is 13.7. The van der Waals surface area contributed by atoms with Crippen molar-refractivity contribution in [1.29, 1.82) is 0 Å². The Hall–Kier alpha value is -6.90. The first-order valence-corrected chi connectivity index (χ1v) is 18.2. The van der Waals surface area contributed by atoms with E-state index in [-0.39, 0.29) is 13.3 Å². The lowest BCUT2D eigenvalue weighted by Crippen LogP contribution is -2.14. The van der Waals surface area contributed by atoms with Gasteiger partial charge < -0.3 is 9.64 Å². The lowest BCUT2D eigenvalue weighted by molar-refractivity contribution is 0.460. The highest BCUT2D eigenvalue weighted by atomic mass is 16.5. The van der Waals surface area contributed by atoms with Gasteiger partial charge in [-0.3, -0.25) is 0 Å². The van der Waals surface area contributed by atoms with Crippen LogP contribution >= 0.6 is 0 Å². The van der Waals surface area contributed by atoms with Crippen LogP contribution in [0.4, 0.5) is 17.1 Å². The summed E-state index contributed by atoms with van der Waals surface area (Å²) in [5.74, 6) is 1.81. The molecule has 0 saturated carbocycles. The molecule has 1 unspecified atom stereocenters. The van der Waals surface area contributed by atoms with Gasteiger partial charge in [-0.2, -0.15) is 0 Å². The fraction of sp³-hybridized carbons (Fsp3) is 0.0385. The van der Waals surface area contributed by atoms with Crippen LogP contribution in [0.25, 0.3) is 43.8 Å². The third-order valence-corrected chi connectivity index (χ3v) is 10.6. The molecule has 0 spiro atoms. The molecule has 9 aromatic rings. The molecule has 0 radical (unpaired) electrons. The van der Waals surface area contributed by atoms with Gasteiger partial charge in [0.15, 0.2) is 0 Å². The van der Waals surface area contributed by atoms with Gasteiger partial charge in [-0.1, -0.05) is 171 Å². The largest absolute Gasteiger partial charge is 0.456 e. The van der Waals surface area contributed by atoms with Crippen LogP contribution in [0, 0.1) is 0 Å². The number of para-hydroxylation sites is 1. The van der Waals surface area contributed by atoms with E-state index in [0.717, 1.165) is 33.9 Å². The Bertz CT molecular complexity index is 2650. The predicted octanol–water partition coefficient (Wildman–Crippen LogP) is 14.7. The molecule has 10 rings (SSSR count). The summed E-state index contributed by atoms with van der Waals surface area (Å²) < 4.78 is 6.85. The van der Waals surface area contributed by atoms with Crippen LogP contribution in [-0.4, -0.2) is 0 Å². The minimum Gasteiger partial charge on any atom is -0.456 e. The molecule has 0 saturated heterocycles. The minimum absolute atomic E-state index is 0. The molecule has 0 aliphatic carbocycles. The van der Waals surface area contributed by atoms with Gasteiger partial charge in [0.05, 0.1) is 0 Å². The van der Waals surface area contributed by atoms with Crippen molar-refractivity contribution in [2.45, 2.75) is 13.3 Å². The number of fused-ring (bicyclic) bond motifs is 7. The highest BCUT2D eigenvalue weighted by molar-refractivity contribution is 6.13. The summed E-state index contributed by atoms with van der Waals surface area (Å²) in [5.41, 5.74) is 11.7. The Morgan fingerprint density at radius 1 is 0.370 bits per heavy atom. The van der Waals surface area contributed by atoms with Crippen LogP contribution in [0.15, 0.2) is 206 Å². The van der Waals surface area contributed by atoms with Gasteiger partial charge in [-0.15, -0.1) is 0 Å². The van der Waals surface area contributed by atoms with E-state index in [9.17, 15) is 0 Å². The second-order valence-electron chi connectivity index (χ2n) is 13.7. The highest BCUT2D eigenvalue weighted by Gasteiger charge is 2.32. The lowest BCUT2D eigenvalue weighted by Gasteiger charge is -2.32. The zero-order valence-electron chi connectivity index (χ0n) is 29.1. The Labute approximate surface area is 317 Å². The molecule has 1 aliphatic heterocycles. The summed E-state index contributed by atoms with van der Waals surface area (Å²) >= 11 is 0. The average Bonchev–Trinajstić information content (AvgIpc) is 3.24. The van der Waals surface area contributed by atoms with Crippen LogP contribution < -0.4 is 9.64 Å². The average molecular weight is 694 g/mol. The highest BCUT2D eigenvalue weighted by Crippen LogP contribution is 2.53. The predicted molar refractivity (Wildman–Crippen MR) is 228 cm³/mol. The lowest BCUT2D eigenvalue weighted by atomic mass is 9.79. The zero-order chi connectivity index (χ0) is 35.1. The standard InChI is InChI=1S/C51H35NO.CH4/c1-3-14-35(15-4-1)37-26-30-40(31-27-37)52(41-32-28-38(29-33-41)36-16-5-2-6-17-36)42-19-13-18-39(34-42)49-47-24-11-12-25-48(47)53-51-46-23-10-8-21-44(46)43-20-7-9-22-45(43)50(49)51;/h1-34,49H;1H4. The monoisotopic (exact) mass is 693 g/mol. The fourth-order valence-electron chi connectivity index (χ4n) is 8.11. The maximum atomic E-state index is 6.85. The van der Waals surface area contributed by atoms with Crippen molar-refractivity contribution in [3.05, 3.63) is 223 Å². The zero-order valence-corrected chi connectivity index (χ0v) is 29.1. The number of nitrogens with zero attached hydrogens (tertiary/aromatic N) is 1. The first-order chi connectivity index (χ1) is 26.3. The van der Waals surface area contributed by atoms with Crippen molar-refractivity contribution in [1.82, 2.24) is 0 Å². The molecular weight excluding hydrogens is 655 g/mol. The molecule has 0 fully saturated rings. The van der Waals surface area contributed by atoms with Crippen LogP contribution in [0.3, 0.4) is 0 Å². The number of anilines is 3. The van der Waals surface area contributed by atoms with Crippen LogP contribution in [0.1, 0.15) is 30.0 Å². The normalized spacial score (nSPS) is 13.0. The first kappa shape index (κ1) is 33.0. The smallest absolute Gasteiger partial charge is 0.140 e. The van der Waals surface area contributed by atoms with E-state index >= 15 is 0 Å². The Balaban J connectivity index is 0.00000384. The van der Waals surface area contributed by atoms with Gasteiger partial charge in [0.1, 0.15) is 11.5 Å². The number of benzene rings is 9. The molecule has 0 aromatic heterocycles. The van der Waals surface area contributed by atoms with Gasteiger partial charge >= 0.3 is 0 Å². The van der Waals surface area contributed by atoms with E-state index in [1.54, 1.807) is 0 Å². The maximum absolute atomic E-state index is 6.85. The molecule has 2 nitrogen and oxygen atoms in total. The molecule has 9 aromatic carbocycles. The van der Waals surface area contributed by atoms with Gasteiger partial charge in [0.2, 0.25) is 0 Å². The summed E-state index contributed by atoms with van der Waals surface area (Å²) in [6.07, 6.45) is 0. The quantitative estimate of drug-likeness (QED) is 0.161. The summed E-state index contributed by atoms with van der Waals surface area (Å²) in [6, 6.07) is 74.0. The maximum Gasteiger partial charge on any atom is 0.140 e. The van der Waals surface area contributed by atoms with Crippen LogP contribution in [-0.2, 0) is 0 Å². The van der Waals surface area contributed by atoms with E-state index in [0.29, 0.717) is 0 Å². The molecule has 1 heterocycles. The topological polar surface area (TPSA) is 12.5 Å². The summed E-state index contributed by atoms with van der Waals surface area (Å²) in [5, 5.41) is 4.80. The van der Waals surface area contributed by atoms with Crippen molar-refractivity contribution >= 4 is 38.6 Å². The molecule has 54 heavy (non-hydrogen) atoms. The van der Waals surface area contributed by atoms with Crippen molar-refractivity contribution in [2.75, 3.05) is 4.90 Å². The molecule has 258 valence electrons. The van der Waals surface area contributed by atoms with Crippen molar-refractivity contribution in [2.24, 2.45) is 0 Å². The van der Waals surface area contributed by atoms with Crippen molar-refractivity contribution < 1.29 is 4.74 Å².